The van der Waals surface area contributed by atoms with Gasteiger partial charge in [-0.25, -0.2) is 4.98 Å². The highest BCUT2D eigenvalue weighted by Gasteiger charge is 2.04. The summed E-state index contributed by atoms with van der Waals surface area (Å²) < 4.78 is 10.6. The van der Waals surface area contributed by atoms with Crippen LogP contribution in [0.15, 0.2) is 36.4 Å². The highest BCUT2D eigenvalue weighted by Crippen LogP contribution is 2.23. The predicted octanol–water partition coefficient (Wildman–Crippen LogP) is 2.59. The van der Waals surface area contributed by atoms with Gasteiger partial charge in [-0.2, -0.15) is 0 Å². The summed E-state index contributed by atoms with van der Waals surface area (Å²) in [5.41, 5.74) is 2.56. The van der Waals surface area contributed by atoms with E-state index in [4.69, 9.17) is 9.47 Å². The maximum Gasteiger partial charge on any atom is 0.213 e. The van der Waals surface area contributed by atoms with Crippen molar-refractivity contribution < 1.29 is 14.6 Å². The first-order chi connectivity index (χ1) is 10.3. The first kappa shape index (κ1) is 15.1. The molecule has 0 radical (unpaired) electrons. The Morgan fingerprint density at radius 1 is 1.24 bits per heavy atom. The van der Waals surface area contributed by atoms with E-state index in [-0.39, 0.29) is 6.61 Å². The Labute approximate surface area is 124 Å². The molecule has 0 atom stereocenters. The topological polar surface area (TPSA) is 63.6 Å². The van der Waals surface area contributed by atoms with Crippen LogP contribution in [0.3, 0.4) is 0 Å². The van der Waals surface area contributed by atoms with Crippen molar-refractivity contribution >= 4 is 5.69 Å². The highest BCUT2D eigenvalue weighted by atomic mass is 16.5. The van der Waals surface area contributed by atoms with Gasteiger partial charge in [0.25, 0.3) is 0 Å². The Morgan fingerprint density at radius 3 is 2.81 bits per heavy atom. The van der Waals surface area contributed by atoms with E-state index in [2.05, 4.69) is 10.3 Å². The van der Waals surface area contributed by atoms with E-state index in [0.717, 1.165) is 16.9 Å². The molecule has 0 saturated carbocycles. The lowest BCUT2D eigenvalue weighted by Gasteiger charge is -2.12. The fourth-order valence-corrected chi connectivity index (χ4v) is 1.97. The second-order valence-corrected chi connectivity index (χ2v) is 4.44. The maximum absolute atomic E-state index is 9.39. The summed E-state index contributed by atoms with van der Waals surface area (Å²) >= 11 is 0. The Kier molecular flexibility index (Phi) is 5.40. The van der Waals surface area contributed by atoms with Gasteiger partial charge in [0.2, 0.25) is 5.88 Å². The van der Waals surface area contributed by atoms with Crippen LogP contribution in [0.4, 0.5) is 5.69 Å². The van der Waals surface area contributed by atoms with Crippen molar-refractivity contribution in [2.24, 2.45) is 0 Å². The Hall–Kier alpha value is -2.27. The summed E-state index contributed by atoms with van der Waals surface area (Å²) in [5.74, 6) is 1.31. The molecule has 1 aromatic heterocycles. The van der Waals surface area contributed by atoms with Crippen LogP contribution in [0.5, 0.6) is 11.6 Å². The molecule has 0 saturated heterocycles. The number of nitrogens with one attached hydrogen (secondary N) is 1. The van der Waals surface area contributed by atoms with Gasteiger partial charge >= 0.3 is 0 Å². The summed E-state index contributed by atoms with van der Waals surface area (Å²) in [5, 5.41) is 12.7. The highest BCUT2D eigenvalue weighted by molar-refractivity contribution is 5.51. The smallest absolute Gasteiger partial charge is 0.213 e. The molecule has 2 rings (SSSR count). The van der Waals surface area contributed by atoms with Gasteiger partial charge in [0.15, 0.2) is 0 Å². The van der Waals surface area contributed by atoms with Gasteiger partial charge in [0.05, 0.1) is 32.6 Å². The third-order valence-electron chi connectivity index (χ3n) is 2.99. The predicted molar refractivity (Wildman–Crippen MR) is 81.6 cm³/mol. The molecule has 21 heavy (non-hydrogen) atoms. The largest absolute Gasteiger partial charge is 0.494 e. The number of hydrogen-bond donors (Lipinski definition) is 2. The Balaban J connectivity index is 2.05. The quantitative estimate of drug-likeness (QED) is 0.820. The number of aliphatic hydroxyl groups is 1. The molecule has 0 aliphatic carbocycles. The van der Waals surface area contributed by atoms with Crippen molar-refractivity contribution in [1.29, 1.82) is 0 Å². The average molecular weight is 288 g/mol. The molecule has 0 unspecified atom stereocenters. The van der Waals surface area contributed by atoms with E-state index >= 15 is 0 Å². The fraction of sp³-hybridized carbons (Fsp3) is 0.312. The lowest BCUT2D eigenvalue weighted by atomic mass is 10.2. The van der Waals surface area contributed by atoms with Crippen molar-refractivity contribution in [3.63, 3.8) is 0 Å². The average Bonchev–Trinajstić information content (AvgIpc) is 2.54. The van der Waals surface area contributed by atoms with Crippen molar-refractivity contribution in [2.45, 2.75) is 20.1 Å². The Morgan fingerprint density at radius 2 is 2.10 bits per heavy atom. The van der Waals surface area contributed by atoms with Gasteiger partial charge in [0, 0.05) is 17.3 Å². The zero-order valence-electron chi connectivity index (χ0n) is 12.3. The first-order valence-electron chi connectivity index (χ1n) is 6.87. The Bertz CT molecular complexity index is 587. The van der Waals surface area contributed by atoms with E-state index in [1.54, 1.807) is 7.11 Å². The van der Waals surface area contributed by atoms with Gasteiger partial charge in [-0.05, 0) is 31.2 Å². The molecule has 0 bridgehead atoms. The zero-order chi connectivity index (χ0) is 15.1. The van der Waals surface area contributed by atoms with E-state index in [1.807, 2.05) is 43.3 Å². The number of hydrogen-bond acceptors (Lipinski definition) is 5. The molecule has 112 valence electrons. The van der Waals surface area contributed by atoms with E-state index in [9.17, 15) is 5.11 Å². The molecule has 0 aliphatic heterocycles. The van der Waals surface area contributed by atoms with Crippen LogP contribution in [0, 0.1) is 0 Å². The molecule has 0 fully saturated rings. The monoisotopic (exact) mass is 288 g/mol. The molecular formula is C16H20N2O3. The molecular weight excluding hydrogens is 268 g/mol. The van der Waals surface area contributed by atoms with Crippen LogP contribution in [0.1, 0.15) is 18.2 Å². The van der Waals surface area contributed by atoms with Crippen molar-refractivity contribution in [2.75, 3.05) is 19.0 Å². The number of rotatable bonds is 7. The number of benzene rings is 1. The van der Waals surface area contributed by atoms with Crippen molar-refractivity contribution in [1.82, 2.24) is 4.98 Å². The van der Waals surface area contributed by atoms with Crippen LogP contribution < -0.4 is 14.8 Å². The molecule has 5 nitrogen and oxygen atoms in total. The summed E-state index contributed by atoms with van der Waals surface area (Å²) in [4.78, 5) is 4.34. The molecule has 1 aromatic carbocycles. The van der Waals surface area contributed by atoms with Crippen molar-refractivity contribution in [3.05, 3.63) is 47.7 Å². The third kappa shape index (κ3) is 4.10. The van der Waals surface area contributed by atoms with Crippen LogP contribution >= 0.6 is 0 Å². The van der Waals surface area contributed by atoms with E-state index in [0.29, 0.717) is 24.8 Å². The molecule has 0 amide bonds. The van der Waals surface area contributed by atoms with Gasteiger partial charge < -0.3 is 19.9 Å². The molecule has 5 heteroatoms. The number of anilines is 1. The SMILES string of the molecule is CCOc1ccc(NCc2cccc(OC)n2)cc1CO. The van der Waals surface area contributed by atoms with Crippen molar-refractivity contribution in [3.8, 4) is 11.6 Å². The second kappa shape index (κ2) is 7.50. The molecule has 1 heterocycles. The van der Waals surface area contributed by atoms with E-state index < -0.39 is 0 Å². The molecule has 2 aromatic rings. The molecule has 2 N–H and O–H groups in total. The van der Waals surface area contributed by atoms with Crippen LogP contribution in [0.25, 0.3) is 0 Å². The minimum absolute atomic E-state index is 0.0533. The lowest BCUT2D eigenvalue weighted by Crippen LogP contribution is -2.04. The van der Waals surface area contributed by atoms with Gasteiger partial charge in [0.1, 0.15) is 5.75 Å². The van der Waals surface area contributed by atoms with Crippen LogP contribution in [-0.2, 0) is 13.2 Å². The van der Waals surface area contributed by atoms with Crippen LogP contribution in [0.2, 0.25) is 0 Å². The number of aromatic nitrogens is 1. The standard InChI is InChI=1S/C16H20N2O3/c1-3-21-15-8-7-13(9-12(15)11-19)17-10-14-5-4-6-16(18-14)20-2/h4-9,17,19H,3,10-11H2,1-2H3. The van der Waals surface area contributed by atoms with Crippen LogP contribution in [-0.4, -0.2) is 23.8 Å². The number of aliphatic hydroxyl groups excluding tert-OH is 1. The summed E-state index contributed by atoms with van der Waals surface area (Å²) in [6.45, 7) is 3.02. The lowest BCUT2D eigenvalue weighted by molar-refractivity contribution is 0.267. The normalized spacial score (nSPS) is 10.2. The number of ether oxygens (including phenoxy) is 2. The van der Waals surface area contributed by atoms with Gasteiger partial charge in [-0.3, -0.25) is 0 Å². The number of nitrogens with zero attached hydrogens (tertiary/aromatic N) is 1. The number of pyridine rings is 1. The summed E-state index contributed by atoms with van der Waals surface area (Å²) in [7, 11) is 1.60. The van der Waals surface area contributed by atoms with Gasteiger partial charge in [-0.15, -0.1) is 0 Å². The minimum Gasteiger partial charge on any atom is -0.494 e. The number of methoxy groups -OCH3 is 1. The third-order valence-corrected chi connectivity index (χ3v) is 2.99. The first-order valence-corrected chi connectivity index (χ1v) is 6.87. The summed E-state index contributed by atoms with van der Waals surface area (Å²) in [6.07, 6.45) is 0. The minimum atomic E-state index is -0.0533. The van der Waals surface area contributed by atoms with E-state index in [1.165, 1.54) is 0 Å². The fourth-order valence-electron chi connectivity index (χ4n) is 1.97. The summed E-state index contributed by atoms with van der Waals surface area (Å²) in [6, 6.07) is 11.3. The molecule has 0 spiro atoms. The second-order valence-electron chi connectivity index (χ2n) is 4.44. The zero-order valence-corrected chi connectivity index (χ0v) is 12.3. The molecule has 0 aliphatic rings. The maximum atomic E-state index is 9.39. The van der Waals surface area contributed by atoms with Gasteiger partial charge in [-0.1, -0.05) is 6.07 Å².